The van der Waals surface area contributed by atoms with Crippen molar-refractivity contribution in [3.8, 4) is 17.0 Å². The van der Waals surface area contributed by atoms with E-state index in [2.05, 4.69) is 4.98 Å². The van der Waals surface area contributed by atoms with Crippen LogP contribution in [0.1, 0.15) is 25.0 Å². The number of aromatic nitrogens is 1. The van der Waals surface area contributed by atoms with Crippen LogP contribution in [0.15, 0.2) is 42.6 Å². The minimum atomic E-state index is -0.428. The van der Waals surface area contributed by atoms with E-state index in [-0.39, 0.29) is 0 Å². The van der Waals surface area contributed by atoms with Gasteiger partial charge in [0.15, 0.2) is 0 Å². The lowest BCUT2D eigenvalue weighted by Gasteiger charge is -2.08. The molecule has 0 amide bonds. The van der Waals surface area contributed by atoms with E-state index in [1.165, 1.54) is 0 Å². The van der Waals surface area contributed by atoms with Crippen molar-refractivity contribution in [3.63, 3.8) is 0 Å². The van der Waals surface area contributed by atoms with Gasteiger partial charge in [0.25, 0.3) is 0 Å². The number of aliphatic hydroxyl groups excluding tert-OH is 1. The summed E-state index contributed by atoms with van der Waals surface area (Å²) in [5.74, 6) is 0.830. The Kier molecular flexibility index (Phi) is 3.95. The zero-order valence-corrected chi connectivity index (χ0v) is 10.6. The van der Waals surface area contributed by atoms with Crippen LogP contribution in [0.2, 0.25) is 0 Å². The Hall–Kier alpha value is -1.87. The third-order valence-electron chi connectivity index (χ3n) is 2.94. The average molecular weight is 243 g/mol. The van der Waals surface area contributed by atoms with Crippen LogP contribution in [0.5, 0.6) is 5.75 Å². The number of hydrogen-bond donors (Lipinski definition) is 1. The van der Waals surface area contributed by atoms with E-state index in [9.17, 15) is 5.11 Å². The molecule has 1 aromatic heterocycles. The van der Waals surface area contributed by atoms with Crippen molar-refractivity contribution in [2.24, 2.45) is 0 Å². The van der Waals surface area contributed by atoms with Crippen molar-refractivity contribution in [1.29, 1.82) is 0 Å². The molecule has 1 heterocycles. The average Bonchev–Trinajstić information content (AvgIpc) is 2.47. The van der Waals surface area contributed by atoms with Gasteiger partial charge in [-0.3, -0.25) is 4.98 Å². The van der Waals surface area contributed by atoms with E-state index >= 15 is 0 Å². The second-order valence-corrected chi connectivity index (χ2v) is 4.13. The van der Waals surface area contributed by atoms with Gasteiger partial charge in [-0.2, -0.15) is 0 Å². The monoisotopic (exact) mass is 243 g/mol. The van der Waals surface area contributed by atoms with Gasteiger partial charge in [0.1, 0.15) is 5.75 Å². The largest absolute Gasteiger partial charge is 0.497 e. The Morgan fingerprint density at radius 3 is 2.39 bits per heavy atom. The van der Waals surface area contributed by atoms with Crippen LogP contribution in [-0.2, 0) is 0 Å². The molecule has 0 fully saturated rings. The summed E-state index contributed by atoms with van der Waals surface area (Å²) in [4.78, 5) is 4.37. The summed E-state index contributed by atoms with van der Waals surface area (Å²) in [6.45, 7) is 1.95. The van der Waals surface area contributed by atoms with Gasteiger partial charge in [0.05, 0.1) is 18.9 Å². The normalized spacial score (nSPS) is 12.2. The molecular weight excluding hydrogens is 226 g/mol. The molecule has 0 aliphatic rings. The van der Waals surface area contributed by atoms with Gasteiger partial charge in [-0.25, -0.2) is 0 Å². The summed E-state index contributed by atoms with van der Waals surface area (Å²) in [6, 6.07) is 11.6. The molecule has 2 rings (SSSR count). The first-order chi connectivity index (χ1) is 8.74. The highest BCUT2D eigenvalue weighted by Gasteiger charge is 2.06. The van der Waals surface area contributed by atoms with Crippen molar-refractivity contribution in [2.75, 3.05) is 7.11 Å². The van der Waals surface area contributed by atoms with Gasteiger partial charge in [-0.1, -0.05) is 13.0 Å². The fourth-order valence-corrected chi connectivity index (χ4v) is 1.77. The number of methoxy groups -OCH3 is 1. The number of aliphatic hydroxyl groups is 1. The molecular formula is C15H17NO2. The summed E-state index contributed by atoms with van der Waals surface area (Å²) in [7, 11) is 1.65. The number of ether oxygens (including phenoxy) is 1. The SMILES string of the molecule is CCC(O)c1ccc(-c2ccc(OC)cc2)nc1. The summed E-state index contributed by atoms with van der Waals surface area (Å²) < 4.78 is 5.12. The molecule has 0 spiro atoms. The zero-order valence-electron chi connectivity index (χ0n) is 10.6. The van der Waals surface area contributed by atoms with Crippen LogP contribution < -0.4 is 4.74 Å². The van der Waals surface area contributed by atoms with E-state index in [1.54, 1.807) is 13.3 Å². The lowest BCUT2D eigenvalue weighted by atomic mass is 10.1. The molecule has 0 bridgehead atoms. The molecule has 1 unspecified atom stereocenters. The minimum Gasteiger partial charge on any atom is -0.497 e. The van der Waals surface area contributed by atoms with Crippen LogP contribution in [0, 0.1) is 0 Å². The predicted molar refractivity (Wildman–Crippen MR) is 71.5 cm³/mol. The molecule has 3 heteroatoms. The van der Waals surface area contributed by atoms with Gasteiger partial charge in [0.2, 0.25) is 0 Å². The maximum atomic E-state index is 9.70. The number of nitrogens with zero attached hydrogens (tertiary/aromatic N) is 1. The fourth-order valence-electron chi connectivity index (χ4n) is 1.77. The summed E-state index contributed by atoms with van der Waals surface area (Å²) >= 11 is 0. The van der Waals surface area contributed by atoms with Crippen molar-refractivity contribution in [1.82, 2.24) is 4.98 Å². The van der Waals surface area contributed by atoms with E-state index < -0.39 is 6.10 Å². The topological polar surface area (TPSA) is 42.4 Å². The lowest BCUT2D eigenvalue weighted by Crippen LogP contribution is -1.96. The van der Waals surface area contributed by atoms with Gasteiger partial charge >= 0.3 is 0 Å². The molecule has 18 heavy (non-hydrogen) atoms. The Morgan fingerprint density at radius 2 is 1.89 bits per heavy atom. The molecule has 0 aliphatic heterocycles. The Balaban J connectivity index is 2.22. The van der Waals surface area contributed by atoms with E-state index in [1.807, 2.05) is 43.3 Å². The van der Waals surface area contributed by atoms with E-state index in [4.69, 9.17) is 4.74 Å². The maximum Gasteiger partial charge on any atom is 0.118 e. The quantitative estimate of drug-likeness (QED) is 0.896. The number of rotatable bonds is 4. The van der Waals surface area contributed by atoms with Crippen LogP contribution in [0.25, 0.3) is 11.3 Å². The predicted octanol–water partition coefficient (Wildman–Crippen LogP) is 3.20. The summed E-state index contributed by atoms with van der Waals surface area (Å²) in [5, 5.41) is 9.70. The van der Waals surface area contributed by atoms with Gasteiger partial charge in [-0.15, -0.1) is 0 Å². The highest BCUT2D eigenvalue weighted by atomic mass is 16.5. The molecule has 1 N–H and O–H groups in total. The van der Waals surface area contributed by atoms with Crippen molar-refractivity contribution in [2.45, 2.75) is 19.4 Å². The number of benzene rings is 1. The summed E-state index contributed by atoms with van der Waals surface area (Å²) in [5.41, 5.74) is 2.79. The molecule has 0 aliphatic carbocycles. The third kappa shape index (κ3) is 2.68. The van der Waals surface area contributed by atoms with Crippen LogP contribution >= 0.6 is 0 Å². The number of hydrogen-bond acceptors (Lipinski definition) is 3. The molecule has 0 radical (unpaired) electrons. The molecule has 3 nitrogen and oxygen atoms in total. The first-order valence-corrected chi connectivity index (χ1v) is 6.03. The maximum absolute atomic E-state index is 9.70. The molecule has 0 saturated carbocycles. The fraction of sp³-hybridized carbons (Fsp3) is 0.267. The smallest absolute Gasteiger partial charge is 0.118 e. The molecule has 2 aromatic rings. The zero-order chi connectivity index (χ0) is 13.0. The second-order valence-electron chi connectivity index (χ2n) is 4.13. The first kappa shape index (κ1) is 12.6. The Bertz CT molecular complexity index is 491. The summed E-state index contributed by atoms with van der Waals surface area (Å²) in [6.07, 6.45) is 2.00. The minimum absolute atomic E-state index is 0.428. The molecule has 0 saturated heterocycles. The van der Waals surface area contributed by atoms with Crippen molar-refractivity contribution in [3.05, 3.63) is 48.2 Å². The van der Waals surface area contributed by atoms with Crippen molar-refractivity contribution >= 4 is 0 Å². The van der Waals surface area contributed by atoms with Crippen LogP contribution in [-0.4, -0.2) is 17.2 Å². The molecule has 1 atom stereocenters. The Labute approximate surface area is 107 Å². The van der Waals surface area contributed by atoms with Gasteiger partial charge in [0, 0.05) is 11.8 Å². The second kappa shape index (κ2) is 5.65. The highest BCUT2D eigenvalue weighted by molar-refractivity contribution is 5.60. The van der Waals surface area contributed by atoms with Gasteiger partial charge < -0.3 is 9.84 Å². The lowest BCUT2D eigenvalue weighted by molar-refractivity contribution is 0.173. The standard InChI is InChI=1S/C15H17NO2/c1-3-15(17)12-6-9-14(16-10-12)11-4-7-13(18-2)8-5-11/h4-10,15,17H,3H2,1-2H3. The van der Waals surface area contributed by atoms with Gasteiger partial charge in [-0.05, 0) is 42.3 Å². The molecule has 94 valence electrons. The number of pyridine rings is 1. The van der Waals surface area contributed by atoms with Crippen LogP contribution in [0.4, 0.5) is 0 Å². The van der Waals surface area contributed by atoms with E-state index in [0.717, 1.165) is 22.6 Å². The third-order valence-corrected chi connectivity index (χ3v) is 2.94. The van der Waals surface area contributed by atoms with Crippen molar-refractivity contribution < 1.29 is 9.84 Å². The first-order valence-electron chi connectivity index (χ1n) is 6.03. The highest BCUT2D eigenvalue weighted by Crippen LogP contribution is 2.22. The van der Waals surface area contributed by atoms with Crippen LogP contribution in [0.3, 0.4) is 0 Å². The molecule has 1 aromatic carbocycles. The Morgan fingerprint density at radius 1 is 1.17 bits per heavy atom. The van der Waals surface area contributed by atoms with E-state index in [0.29, 0.717) is 6.42 Å².